The van der Waals surface area contributed by atoms with Gasteiger partial charge in [-0.2, -0.15) is 0 Å². The van der Waals surface area contributed by atoms with E-state index in [2.05, 4.69) is 15.7 Å². The van der Waals surface area contributed by atoms with Gasteiger partial charge in [0.05, 0.1) is 61.1 Å². The molecule has 0 aliphatic carbocycles. The maximum atomic E-state index is 11.4. The van der Waals surface area contributed by atoms with Gasteiger partial charge in [-0.15, -0.1) is 0 Å². The van der Waals surface area contributed by atoms with Gasteiger partial charge in [-0.05, 0) is 24.6 Å². The Morgan fingerprint density at radius 1 is 1.34 bits per heavy atom. The molecule has 5 heterocycles. The molecule has 0 radical (unpaired) electrons. The number of carbonyl (C=O) groups excluding carboxylic acids is 1. The zero-order valence-electron chi connectivity index (χ0n) is 15.9. The summed E-state index contributed by atoms with van der Waals surface area (Å²) in [6, 6.07) is 7.75. The van der Waals surface area contributed by atoms with Crippen LogP contribution in [0.2, 0.25) is 0 Å². The fourth-order valence-electron chi connectivity index (χ4n) is 4.00. The van der Waals surface area contributed by atoms with E-state index in [4.69, 9.17) is 20.2 Å². The van der Waals surface area contributed by atoms with Crippen LogP contribution in [0.5, 0.6) is 0 Å². The first kappa shape index (κ1) is 18.2. The molecule has 5 rings (SSSR count). The van der Waals surface area contributed by atoms with Crippen molar-refractivity contribution < 1.29 is 19.4 Å². The molecule has 0 saturated carbocycles. The Hall–Kier alpha value is -2.81. The molecule has 3 aromatic rings. The Labute approximate surface area is 167 Å². The Morgan fingerprint density at radius 2 is 2.21 bits per heavy atom. The molecular weight excluding hydrogens is 372 g/mol. The Kier molecular flexibility index (Phi) is 4.34. The van der Waals surface area contributed by atoms with E-state index in [0.717, 1.165) is 35.2 Å². The van der Waals surface area contributed by atoms with Gasteiger partial charge in [0, 0.05) is 23.8 Å². The first-order valence-corrected chi connectivity index (χ1v) is 9.67. The van der Waals surface area contributed by atoms with Gasteiger partial charge in [0.2, 0.25) is 5.91 Å². The highest BCUT2D eigenvalue weighted by Gasteiger charge is 2.39. The highest BCUT2D eigenvalue weighted by molar-refractivity contribution is 5.95. The monoisotopic (exact) mass is 394 g/mol. The molecule has 8 heteroatoms. The number of hydrogen-bond donors (Lipinski definition) is 2. The van der Waals surface area contributed by atoms with Crippen LogP contribution in [0.1, 0.15) is 23.9 Å². The fraction of sp³-hybridized carbons (Fsp3) is 0.381. The molecule has 0 aromatic carbocycles. The lowest BCUT2D eigenvalue weighted by atomic mass is 9.96. The summed E-state index contributed by atoms with van der Waals surface area (Å²) < 4.78 is 12.9. The minimum absolute atomic E-state index is 0.0810. The van der Waals surface area contributed by atoms with Crippen LogP contribution in [-0.4, -0.2) is 52.0 Å². The van der Waals surface area contributed by atoms with Gasteiger partial charge in [0.1, 0.15) is 0 Å². The van der Waals surface area contributed by atoms with E-state index < -0.39 is 11.5 Å². The van der Waals surface area contributed by atoms with Crippen LogP contribution in [-0.2, 0) is 26.3 Å². The quantitative estimate of drug-likeness (QED) is 0.675. The largest absolute Gasteiger partial charge is 0.379 e. The van der Waals surface area contributed by atoms with Crippen LogP contribution in [0.25, 0.3) is 22.2 Å². The summed E-state index contributed by atoms with van der Waals surface area (Å²) in [4.78, 5) is 20.5. The molecule has 0 unspecified atom stereocenters. The first-order chi connectivity index (χ1) is 14.0. The number of rotatable bonds is 5. The number of nitrogens with two attached hydrogens (primary N) is 1. The van der Waals surface area contributed by atoms with Crippen molar-refractivity contribution in [3.63, 3.8) is 0 Å². The zero-order valence-corrected chi connectivity index (χ0v) is 15.9. The van der Waals surface area contributed by atoms with E-state index in [1.165, 1.54) is 0 Å². The molecule has 2 aliphatic heterocycles. The molecule has 0 spiro atoms. The molecule has 3 N–H and O–H groups in total. The van der Waals surface area contributed by atoms with Gasteiger partial charge in [0.15, 0.2) is 5.60 Å². The van der Waals surface area contributed by atoms with Crippen LogP contribution >= 0.6 is 0 Å². The van der Waals surface area contributed by atoms with Crippen LogP contribution in [0.15, 0.2) is 36.7 Å². The van der Waals surface area contributed by atoms with Gasteiger partial charge in [0.25, 0.3) is 0 Å². The molecular formula is C21H22N4O4. The number of carbonyl (C=O) groups is 1. The third-order valence-electron chi connectivity index (χ3n) is 5.61. The van der Waals surface area contributed by atoms with E-state index in [1.54, 1.807) is 6.20 Å². The lowest BCUT2D eigenvalue weighted by Crippen LogP contribution is -2.47. The second-order valence-electron chi connectivity index (χ2n) is 7.74. The summed E-state index contributed by atoms with van der Waals surface area (Å²) in [6.45, 7) is 1.87. The zero-order chi connectivity index (χ0) is 20.0. The van der Waals surface area contributed by atoms with E-state index in [9.17, 15) is 9.90 Å². The van der Waals surface area contributed by atoms with E-state index in [0.29, 0.717) is 18.0 Å². The lowest BCUT2D eigenvalue weighted by molar-refractivity contribution is -0.186. The maximum Gasteiger partial charge on any atom is 0.223 e. The molecule has 8 nitrogen and oxygen atoms in total. The van der Waals surface area contributed by atoms with Crippen LogP contribution in [0, 0.1) is 0 Å². The summed E-state index contributed by atoms with van der Waals surface area (Å²) in [5.41, 5.74) is 8.17. The van der Waals surface area contributed by atoms with Crippen LogP contribution in [0.3, 0.4) is 0 Å². The second-order valence-corrected chi connectivity index (χ2v) is 7.74. The minimum Gasteiger partial charge on any atom is -0.379 e. The van der Waals surface area contributed by atoms with E-state index in [1.807, 2.05) is 24.3 Å². The van der Waals surface area contributed by atoms with Crippen LogP contribution < -0.4 is 5.73 Å². The summed E-state index contributed by atoms with van der Waals surface area (Å²) in [5.74, 6) is -0.422. The Morgan fingerprint density at radius 3 is 2.90 bits per heavy atom. The molecule has 29 heavy (non-hydrogen) atoms. The molecule has 2 aliphatic rings. The molecule has 3 aromatic heterocycles. The summed E-state index contributed by atoms with van der Waals surface area (Å²) in [5, 5.41) is 11.6. The fourth-order valence-corrected chi connectivity index (χ4v) is 4.00. The van der Waals surface area contributed by atoms with Gasteiger partial charge in [-0.1, -0.05) is 6.07 Å². The highest BCUT2D eigenvalue weighted by atomic mass is 16.5. The standard InChI is InChI=1S/C21H22N4O4/c22-20(26)7-13-6-15-16(9-25(18(15)8-23-13)14-4-5-28-10-14)17-2-1-3-19(24-17)21(27)11-29-12-21/h1-3,6,8-9,14,27H,4-5,7,10-12H2,(H2,22,26)/t14-/m0/s1. The summed E-state index contributed by atoms with van der Waals surface area (Å²) in [6.07, 6.45) is 4.86. The van der Waals surface area contributed by atoms with Crippen molar-refractivity contribution in [1.29, 1.82) is 0 Å². The lowest BCUT2D eigenvalue weighted by Gasteiger charge is -2.35. The molecule has 2 saturated heterocycles. The van der Waals surface area contributed by atoms with Crippen LogP contribution in [0.4, 0.5) is 0 Å². The Bertz CT molecular complexity index is 1080. The number of amides is 1. The number of hydrogen-bond acceptors (Lipinski definition) is 6. The average molecular weight is 394 g/mol. The molecule has 2 fully saturated rings. The number of aromatic nitrogens is 3. The predicted molar refractivity (Wildman–Crippen MR) is 105 cm³/mol. The first-order valence-electron chi connectivity index (χ1n) is 9.67. The van der Waals surface area contributed by atoms with Crippen molar-refractivity contribution in [2.75, 3.05) is 26.4 Å². The molecule has 1 atom stereocenters. The highest BCUT2D eigenvalue weighted by Crippen LogP contribution is 2.35. The number of aliphatic hydroxyl groups is 1. The maximum absolute atomic E-state index is 11.4. The van der Waals surface area contributed by atoms with Gasteiger partial charge >= 0.3 is 0 Å². The second kappa shape index (κ2) is 6.91. The number of primary amides is 1. The number of ether oxygens (including phenoxy) is 2. The van der Waals surface area contributed by atoms with Crippen molar-refractivity contribution in [1.82, 2.24) is 14.5 Å². The van der Waals surface area contributed by atoms with Crippen molar-refractivity contribution in [3.8, 4) is 11.3 Å². The summed E-state index contributed by atoms with van der Waals surface area (Å²) >= 11 is 0. The predicted octanol–water partition coefficient (Wildman–Crippen LogP) is 1.31. The smallest absolute Gasteiger partial charge is 0.223 e. The minimum atomic E-state index is -1.04. The normalized spacial score (nSPS) is 20.7. The van der Waals surface area contributed by atoms with Crippen molar-refractivity contribution in [2.24, 2.45) is 5.73 Å². The van der Waals surface area contributed by atoms with Crippen molar-refractivity contribution >= 4 is 16.8 Å². The van der Waals surface area contributed by atoms with E-state index in [-0.39, 0.29) is 25.7 Å². The number of nitrogens with zero attached hydrogens (tertiary/aromatic N) is 3. The number of fused-ring (bicyclic) bond motifs is 1. The molecule has 150 valence electrons. The number of pyridine rings is 2. The van der Waals surface area contributed by atoms with E-state index >= 15 is 0 Å². The van der Waals surface area contributed by atoms with Gasteiger partial charge < -0.3 is 24.9 Å². The van der Waals surface area contributed by atoms with Gasteiger partial charge in [-0.3, -0.25) is 9.78 Å². The topological polar surface area (TPSA) is 112 Å². The van der Waals surface area contributed by atoms with Crippen molar-refractivity contribution in [3.05, 3.63) is 48.0 Å². The van der Waals surface area contributed by atoms with Crippen molar-refractivity contribution in [2.45, 2.75) is 24.5 Å². The third kappa shape index (κ3) is 3.19. The molecule has 1 amide bonds. The molecule has 0 bridgehead atoms. The van der Waals surface area contributed by atoms with Gasteiger partial charge in [-0.25, -0.2) is 4.98 Å². The summed E-state index contributed by atoms with van der Waals surface area (Å²) in [7, 11) is 0. The average Bonchev–Trinajstić information content (AvgIpc) is 3.33. The SMILES string of the molecule is NC(=O)Cc1cc2c(-c3cccc(C4(O)COC4)n3)cn([C@H]3CCOC3)c2cn1. The third-order valence-corrected chi connectivity index (χ3v) is 5.61. The Balaban J connectivity index is 1.65.